The van der Waals surface area contributed by atoms with Gasteiger partial charge in [-0.15, -0.1) is 9.36 Å². The summed E-state index contributed by atoms with van der Waals surface area (Å²) in [6.45, 7) is 0.416. The number of fused-ring (bicyclic) bond motifs is 1. The highest BCUT2D eigenvalue weighted by Crippen LogP contribution is 2.21. The zero-order chi connectivity index (χ0) is 19.4. The van der Waals surface area contributed by atoms with E-state index in [4.69, 9.17) is 17.7 Å². The van der Waals surface area contributed by atoms with E-state index < -0.39 is 15.6 Å². The van der Waals surface area contributed by atoms with Crippen molar-refractivity contribution in [2.24, 2.45) is 7.05 Å². The lowest BCUT2D eigenvalue weighted by atomic mass is 10.1. The van der Waals surface area contributed by atoms with E-state index in [-0.39, 0.29) is 0 Å². The first kappa shape index (κ1) is 19.7. The van der Waals surface area contributed by atoms with Gasteiger partial charge in [0.2, 0.25) is 0 Å². The zero-order valence-corrected chi connectivity index (χ0v) is 14.2. The second-order valence-corrected chi connectivity index (χ2v) is 6.45. The monoisotopic (exact) mass is 389 g/mol. The molecular formula is C15H14F3N3O4S. The van der Waals surface area contributed by atoms with Crippen LogP contribution in [0.15, 0.2) is 54.9 Å². The van der Waals surface area contributed by atoms with E-state index in [0.717, 1.165) is 5.75 Å². The predicted octanol–water partition coefficient (Wildman–Crippen LogP) is 1.95. The maximum absolute atomic E-state index is 10.7. The number of aryl methyl sites for hydroxylation is 1. The lowest BCUT2D eigenvalue weighted by Crippen LogP contribution is -2.30. The first-order valence-corrected chi connectivity index (χ1v) is 8.50. The third-order valence-corrected chi connectivity index (χ3v) is 3.65. The molecule has 0 radical (unpaired) electrons. The lowest BCUT2D eigenvalue weighted by Gasteiger charge is -2.08. The lowest BCUT2D eigenvalue weighted by molar-refractivity contribution is -0.732. The minimum absolute atomic E-state index is 0.416. The van der Waals surface area contributed by atoms with Gasteiger partial charge in [0.05, 0.1) is 5.21 Å². The molecule has 0 saturated heterocycles. The highest BCUT2D eigenvalue weighted by atomic mass is 32.2. The topological polar surface area (TPSA) is 88.1 Å². The third-order valence-electron chi connectivity index (χ3n) is 3.08. The molecule has 11 heteroatoms. The number of alkyl halides is 3. The van der Waals surface area contributed by atoms with Crippen molar-refractivity contribution in [3.05, 3.63) is 54.9 Å². The summed E-state index contributed by atoms with van der Waals surface area (Å²) in [4.78, 5) is 0. The molecule has 1 aromatic heterocycles. The maximum Gasteiger partial charge on any atom is 0.485 e. The molecule has 0 fully saturated rings. The van der Waals surface area contributed by atoms with Gasteiger partial charge in [0.15, 0.2) is 22.5 Å². The average molecular weight is 389 g/mol. The van der Waals surface area contributed by atoms with Gasteiger partial charge in [-0.25, -0.2) is 8.42 Å². The Kier molecular flexibility index (Phi) is 5.83. The minimum Gasteiger partial charge on any atom is -0.741 e. The van der Waals surface area contributed by atoms with Crippen LogP contribution in [0.2, 0.25) is 0 Å². The van der Waals surface area contributed by atoms with Crippen molar-refractivity contribution in [1.29, 1.82) is 0 Å². The van der Waals surface area contributed by atoms with E-state index in [0.29, 0.717) is 6.73 Å². The third kappa shape index (κ3) is 5.43. The standard InChI is InChI=1S/C14H14N3O.CHF3O3S/c1-16-8-9-17(15-16)11-18-14-7-6-12-4-2-3-5-13(12)10-14;2-1(3,4)8(5,6)7/h2-10H,11H2,1H3;(H,5,6,7)/q+1;/p-1. The molecule has 0 spiro atoms. The molecule has 1 heterocycles. The van der Waals surface area contributed by atoms with Crippen LogP contribution in [0.1, 0.15) is 0 Å². The normalized spacial score (nSPS) is 11.7. The van der Waals surface area contributed by atoms with Crippen LogP contribution in [0.5, 0.6) is 5.75 Å². The Morgan fingerprint density at radius 3 is 2.35 bits per heavy atom. The van der Waals surface area contributed by atoms with Crippen molar-refractivity contribution in [2.75, 3.05) is 0 Å². The number of hydrogen-bond donors (Lipinski definition) is 0. The first-order valence-electron chi connectivity index (χ1n) is 7.09. The molecule has 3 aromatic rings. The predicted molar refractivity (Wildman–Crippen MR) is 83.7 cm³/mol. The molecule has 140 valence electrons. The number of halogens is 3. The average Bonchev–Trinajstić information content (AvgIpc) is 2.97. The Balaban J connectivity index is 0.000000260. The molecule has 7 nitrogen and oxygen atoms in total. The summed E-state index contributed by atoms with van der Waals surface area (Å²) in [5.74, 6) is 0.854. The van der Waals surface area contributed by atoms with Gasteiger partial charge in [-0.1, -0.05) is 30.3 Å². The van der Waals surface area contributed by atoms with Crippen LogP contribution < -0.4 is 9.42 Å². The summed E-state index contributed by atoms with van der Waals surface area (Å²) >= 11 is 0. The van der Waals surface area contributed by atoms with Gasteiger partial charge < -0.3 is 9.29 Å². The van der Waals surface area contributed by atoms with Crippen LogP contribution in [0.4, 0.5) is 13.2 Å². The largest absolute Gasteiger partial charge is 0.741 e. The fourth-order valence-corrected chi connectivity index (χ4v) is 1.88. The van der Waals surface area contributed by atoms with Crippen molar-refractivity contribution >= 4 is 20.9 Å². The van der Waals surface area contributed by atoms with Gasteiger partial charge in [0.1, 0.15) is 12.8 Å². The molecule has 0 amide bonds. The Morgan fingerprint density at radius 2 is 1.81 bits per heavy atom. The molecule has 2 aromatic carbocycles. The number of aromatic nitrogens is 3. The van der Waals surface area contributed by atoms with Gasteiger partial charge in [-0.05, 0) is 22.9 Å². The van der Waals surface area contributed by atoms with Crippen LogP contribution >= 0.6 is 0 Å². The molecule has 0 bridgehead atoms. The highest BCUT2D eigenvalue weighted by Gasteiger charge is 2.36. The number of benzene rings is 2. The second-order valence-electron chi connectivity index (χ2n) is 5.08. The minimum atomic E-state index is -6.09. The molecule has 0 saturated carbocycles. The first-order chi connectivity index (χ1) is 12.1. The molecule has 0 unspecified atom stereocenters. The maximum atomic E-state index is 10.7. The molecule has 0 N–H and O–H groups in total. The number of nitrogens with zero attached hydrogens (tertiary/aromatic N) is 3. The zero-order valence-electron chi connectivity index (χ0n) is 13.4. The molecular weight excluding hydrogens is 375 g/mol. The van der Waals surface area contributed by atoms with Gasteiger partial charge in [-0.3, -0.25) is 0 Å². The van der Waals surface area contributed by atoms with Crippen molar-refractivity contribution in [3.8, 4) is 5.75 Å². The summed E-state index contributed by atoms with van der Waals surface area (Å²) in [5.41, 5.74) is -5.65. The van der Waals surface area contributed by atoms with Crippen molar-refractivity contribution in [1.82, 2.24) is 9.90 Å². The fourth-order valence-electron chi connectivity index (χ4n) is 1.88. The summed E-state index contributed by atoms with van der Waals surface area (Å²) < 4.78 is 68.1. The quantitative estimate of drug-likeness (QED) is 0.388. The SMILES string of the molecule is C[n+]1ccn(COc2ccc3ccccc3c2)n1.O=S(=O)([O-])C(F)(F)F. The van der Waals surface area contributed by atoms with E-state index in [1.807, 2.05) is 43.7 Å². The van der Waals surface area contributed by atoms with E-state index in [1.54, 1.807) is 9.36 Å². The van der Waals surface area contributed by atoms with Gasteiger partial charge in [-0.2, -0.15) is 13.2 Å². The van der Waals surface area contributed by atoms with Crippen LogP contribution in [0.25, 0.3) is 10.8 Å². The molecule has 26 heavy (non-hydrogen) atoms. The van der Waals surface area contributed by atoms with Crippen LogP contribution in [-0.2, 0) is 23.9 Å². The number of ether oxygens (including phenoxy) is 1. The number of rotatable bonds is 3. The van der Waals surface area contributed by atoms with Crippen LogP contribution in [-0.4, -0.2) is 28.4 Å². The van der Waals surface area contributed by atoms with Gasteiger partial charge >= 0.3 is 5.51 Å². The van der Waals surface area contributed by atoms with E-state index in [1.165, 1.54) is 10.8 Å². The summed E-state index contributed by atoms with van der Waals surface area (Å²) in [5, 5.41) is 6.60. The molecule has 0 aliphatic carbocycles. The fraction of sp³-hybridized carbons (Fsp3) is 0.200. The Morgan fingerprint density at radius 1 is 1.19 bits per heavy atom. The van der Waals surface area contributed by atoms with E-state index >= 15 is 0 Å². The molecule has 0 aliphatic rings. The van der Waals surface area contributed by atoms with E-state index in [9.17, 15) is 13.2 Å². The van der Waals surface area contributed by atoms with Crippen molar-refractivity contribution in [3.63, 3.8) is 0 Å². The van der Waals surface area contributed by atoms with Crippen molar-refractivity contribution < 1.29 is 35.6 Å². The van der Waals surface area contributed by atoms with Crippen LogP contribution in [0, 0.1) is 0 Å². The smallest absolute Gasteiger partial charge is 0.485 e. The molecule has 3 rings (SSSR count). The van der Waals surface area contributed by atoms with E-state index in [2.05, 4.69) is 23.4 Å². The Labute approximate surface area is 147 Å². The summed E-state index contributed by atoms with van der Waals surface area (Å²) in [6.07, 6.45) is 3.75. The second kappa shape index (κ2) is 7.70. The Bertz CT molecular complexity index is 987. The van der Waals surface area contributed by atoms with Crippen LogP contribution in [0.3, 0.4) is 0 Å². The summed E-state index contributed by atoms with van der Waals surface area (Å²) in [7, 11) is -4.21. The summed E-state index contributed by atoms with van der Waals surface area (Å²) in [6, 6.07) is 14.3. The Hall–Kier alpha value is -2.66. The van der Waals surface area contributed by atoms with Crippen molar-refractivity contribution in [2.45, 2.75) is 12.2 Å². The molecule has 0 aliphatic heterocycles. The number of hydrogen-bond acceptors (Lipinski definition) is 5. The van der Waals surface area contributed by atoms with Gasteiger partial charge in [0.25, 0.3) is 6.73 Å². The van der Waals surface area contributed by atoms with Gasteiger partial charge in [0, 0.05) is 0 Å². The highest BCUT2D eigenvalue weighted by molar-refractivity contribution is 7.86. The molecule has 0 atom stereocenters.